The van der Waals surface area contributed by atoms with Crippen LogP contribution in [0.1, 0.15) is 18.4 Å². The van der Waals surface area contributed by atoms with Crippen LogP contribution in [0.15, 0.2) is 24.3 Å². The molecule has 0 aromatic heterocycles. The molecule has 0 radical (unpaired) electrons. The molecule has 0 aliphatic heterocycles. The van der Waals surface area contributed by atoms with Crippen LogP contribution in [-0.2, 0) is 20.8 Å². The van der Waals surface area contributed by atoms with Crippen molar-refractivity contribution in [2.75, 3.05) is 5.32 Å². The predicted octanol–water partition coefficient (Wildman–Crippen LogP) is 0.518. The lowest BCUT2D eigenvalue weighted by molar-refractivity contribution is -0.138. The number of hydrogen-bond acceptors (Lipinski definition) is 3. The lowest BCUT2D eigenvalue weighted by Crippen LogP contribution is -2.18. The van der Waals surface area contributed by atoms with Gasteiger partial charge in [-0.1, -0.05) is 18.2 Å². The van der Waals surface area contributed by atoms with E-state index in [0.29, 0.717) is 11.3 Å². The highest BCUT2D eigenvalue weighted by Gasteiger charge is 2.09. The maximum atomic E-state index is 11.5. The molecule has 0 spiro atoms. The van der Waals surface area contributed by atoms with Crippen LogP contribution in [0.3, 0.4) is 0 Å². The number of carbonyl (C=O) groups is 3. The lowest BCUT2D eigenvalue weighted by atomic mass is 10.1. The van der Waals surface area contributed by atoms with Gasteiger partial charge in [0.25, 0.3) is 0 Å². The van der Waals surface area contributed by atoms with Gasteiger partial charge in [-0.05, 0) is 11.6 Å². The fourth-order valence-corrected chi connectivity index (χ4v) is 1.42. The molecule has 0 unspecified atom stereocenters. The Labute approximate surface area is 104 Å². The van der Waals surface area contributed by atoms with Crippen LogP contribution in [0, 0.1) is 0 Å². The summed E-state index contributed by atoms with van der Waals surface area (Å²) in [5.41, 5.74) is 6.18. The second-order valence-electron chi connectivity index (χ2n) is 3.74. The van der Waals surface area contributed by atoms with Gasteiger partial charge in [0.2, 0.25) is 11.8 Å². The van der Waals surface area contributed by atoms with Gasteiger partial charge < -0.3 is 16.2 Å². The summed E-state index contributed by atoms with van der Waals surface area (Å²) in [5.74, 6) is -1.94. The van der Waals surface area contributed by atoms with Crippen molar-refractivity contribution in [2.24, 2.45) is 5.73 Å². The third-order valence-electron chi connectivity index (χ3n) is 2.22. The Morgan fingerprint density at radius 2 is 1.83 bits per heavy atom. The molecule has 0 saturated heterocycles. The van der Waals surface area contributed by atoms with E-state index in [4.69, 9.17) is 10.8 Å². The second-order valence-corrected chi connectivity index (χ2v) is 3.74. The number of aliphatic carboxylic acids is 1. The van der Waals surface area contributed by atoms with E-state index in [9.17, 15) is 14.4 Å². The quantitative estimate of drug-likeness (QED) is 0.683. The average Bonchev–Trinajstić information content (AvgIpc) is 2.28. The molecule has 0 heterocycles. The topological polar surface area (TPSA) is 109 Å². The Morgan fingerprint density at radius 1 is 1.17 bits per heavy atom. The Hall–Kier alpha value is -2.37. The van der Waals surface area contributed by atoms with E-state index in [1.165, 1.54) is 0 Å². The number of anilines is 1. The van der Waals surface area contributed by atoms with Gasteiger partial charge in [0.15, 0.2) is 0 Å². The zero-order valence-electron chi connectivity index (χ0n) is 9.68. The van der Waals surface area contributed by atoms with E-state index >= 15 is 0 Å². The van der Waals surface area contributed by atoms with E-state index < -0.39 is 17.8 Å². The van der Waals surface area contributed by atoms with Gasteiger partial charge in [0.05, 0.1) is 12.8 Å². The van der Waals surface area contributed by atoms with Crippen LogP contribution in [-0.4, -0.2) is 22.9 Å². The van der Waals surface area contributed by atoms with Gasteiger partial charge >= 0.3 is 5.97 Å². The molecule has 0 fully saturated rings. The fourth-order valence-electron chi connectivity index (χ4n) is 1.42. The van der Waals surface area contributed by atoms with E-state index in [1.807, 2.05) is 0 Å². The van der Waals surface area contributed by atoms with E-state index in [0.717, 1.165) is 0 Å². The largest absolute Gasteiger partial charge is 0.481 e. The van der Waals surface area contributed by atoms with Gasteiger partial charge in [-0.25, -0.2) is 0 Å². The molecule has 1 rings (SSSR count). The number of para-hydroxylation sites is 1. The van der Waals surface area contributed by atoms with Crippen LogP contribution >= 0.6 is 0 Å². The SMILES string of the molecule is NC(=O)Cc1ccccc1NC(=O)CCC(=O)O. The first-order chi connectivity index (χ1) is 8.49. The van der Waals surface area contributed by atoms with Crippen molar-refractivity contribution in [1.29, 1.82) is 0 Å². The highest BCUT2D eigenvalue weighted by atomic mass is 16.4. The molecule has 18 heavy (non-hydrogen) atoms. The first-order valence-electron chi connectivity index (χ1n) is 5.37. The number of benzene rings is 1. The maximum absolute atomic E-state index is 11.5. The Bertz CT molecular complexity index is 471. The van der Waals surface area contributed by atoms with Crippen LogP contribution in [0.2, 0.25) is 0 Å². The van der Waals surface area contributed by atoms with Crippen molar-refractivity contribution < 1.29 is 19.5 Å². The first-order valence-corrected chi connectivity index (χ1v) is 5.37. The van der Waals surface area contributed by atoms with Crippen molar-refractivity contribution in [2.45, 2.75) is 19.3 Å². The number of nitrogens with one attached hydrogen (secondary N) is 1. The summed E-state index contributed by atoms with van der Waals surface area (Å²) < 4.78 is 0. The molecule has 0 saturated carbocycles. The maximum Gasteiger partial charge on any atom is 0.303 e. The van der Waals surface area contributed by atoms with Gasteiger partial charge in [-0.15, -0.1) is 0 Å². The molecular formula is C12H14N2O4. The Kier molecular flexibility index (Phi) is 4.86. The number of carbonyl (C=O) groups excluding carboxylic acids is 2. The molecule has 0 bridgehead atoms. The van der Waals surface area contributed by atoms with Gasteiger partial charge in [0, 0.05) is 12.1 Å². The number of hydrogen-bond donors (Lipinski definition) is 3. The molecular weight excluding hydrogens is 236 g/mol. The molecule has 4 N–H and O–H groups in total. The summed E-state index contributed by atoms with van der Waals surface area (Å²) in [7, 11) is 0. The van der Waals surface area contributed by atoms with Gasteiger partial charge in [0.1, 0.15) is 0 Å². The zero-order valence-corrected chi connectivity index (χ0v) is 9.68. The highest BCUT2D eigenvalue weighted by Crippen LogP contribution is 2.15. The van der Waals surface area contributed by atoms with Crippen LogP contribution in [0.25, 0.3) is 0 Å². The van der Waals surface area contributed by atoms with E-state index in [-0.39, 0.29) is 19.3 Å². The van der Waals surface area contributed by atoms with Crippen LogP contribution in [0.5, 0.6) is 0 Å². The molecule has 0 aliphatic carbocycles. The van der Waals surface area contributed by atoms with Crippen molar-refractivity contribution >= 4 is 23.5 Å². The summed E-state index contributed by atoms with van der Waals surface area (Å²) in [6.07, 6.45) is -0.320. The lowest BCUT2D eigenvalue weighted by Gasteiger charge is -2.09. The zero-order chi connectivity index (χ0) is 13.5. The van der Waals surface area contributed by atoms with E-state index in [1.54, 1.807) is 24.3 Å². The van der Waals surface area contributed by atoms with Crippen molar-refractivity contribution in [3.05, 3.63) is 29.8 Å². The molecule has 2 amide bonds. The standard InChI is InChI=1S/C12H14N2O4/c13-10(15)7-8-3-1-2-4-9(8)14-11(16)5-6-12(17)18/h1-4H,5-7H2,(H2,13,15)(H,14,16)(H,17,18). The second kappa shape index (κ2) is 6.39. The minimum absolute atomic E-state index is 0.0232. The van der Waals surface area contributed by atoms with E-state index in [2.05, 4.69) is 5.32 Å². The summed E-state index contributed by atoms with van der Waals surface area (Å²) in [5, 5.41) is 11.0. The predicted molar refractivity (Wildman–Crippen MR) is 64.8 cm³/mol. The van der Waals surface area contributed by atoms with Gasteiger partial charge in [-0.3, -0.25) is 14.4 Å². The highest BCUT2D eigenvalue weighted by molar-refractivity contribution is 5.93. The molecule has 6 nitrogen and oxygen atoms in total. The number of amides is 2. The monoisotopic (exact) mass is 250 g/mol. The molecule has 1 aromatic carbocycles. The van der Waals surface area contributed by atoms with Crippen molar-refractivity contribution in [1.82, 2.24) is 0 Å². The minimum Gasteiger partial charge on any atom is -0.481 e. The number of rotatable bonds is 6. The van der Waals surface area contributed by atoms with Crippen molar-refractivity contribution in [3.63, 3.8) is 0 Å². The number of primary amides is 1. The Balaban J connectivity index is 2.68. The smallest absolute Gasteiger partial charge is 0.303 e. The normalized spacial score (nSPS) is 9.78. The third kappa shape index (κ3) is 4.65. The summed E-state index contributed by atoms with van der Waals surface area (Å²) in [6, 6.07) is 6.75. The summed E-state index contributed by atoms with van der Waals surface area (Å²) in [6.45, 7) is 0. The number of carboxylic acids is 1. The first kappa shape index (κ1) is 13.7. The Morgan fingerprint density at radius 3 is 2.44 bits per heavy atom. The summed E-state index contributed by atoms with van der Waals surface area (Å²) >= 11 is 0. The fraction of sp³-hybridized carbons (Fsp3) is 0.250. The molecule has 0 aliphatic rings. The minimum atomic E-state index is -1.03. The summed E-state index contributed by atoms with van der Waals surface area (Å²) in [4.78, 5) is 32.6. The molecule has 0 atom stereocenters. The van der Waals surface area contributed by atoms with Crippen molar-refractivity contribution in [3.8, 4) is 0 Å². The average molecular weight is 250 g/mol. The third-order valence-corrected chi connectivity index (χ3v) is 2.22. The van der Waals surface area contributed by atoms with Crippen LogP contribution in [0.4, 0.5) is 5.69 Å². The van der Waals surface area contributed by atoms with Crippen LogP contribution < -0.4 is 11.1 Å². The van der Waals surface area contributed by atoms with Gasteiger partial charge in [-0.2, -0.15) is 0 Å². The number of nitrogens with two attached hydrogens (primary N) is 1. The molecule has 6 heteroatoms. The molecule has 96 valence electrons. The molecule has 1 aromatic rings. The number of carboxylic acid groups (broad SMARTS) is 1.